The number of rotatable bonds is 1. The van der Waals surface area contributed by atoms with Crippen molar-refractivity contribution in [2.24, 2.45) is 23.0 Å². The van der Waals surface area contributed by atoms with E-state index in [1.54, 1.807) is 7.11 Å². The maximum Gasteiger partial charge on any atom is 0.0836 e. The van der Waals surface area contributed by atoms with Gasteiger partial charge in [-0.2, -0.15) is 0 Å². The van der Waals surface area contributed by atoms with Crippen molar-refractivity contribution in [2.45, 2.75) is 50.4 Å². The van der Waals surface area contributed by atoms with Crippen LogP contribution in [-0.4, -0.2) is 30.5 Å². The van der Waals surface area contributed by atoms with E-state index in [1.165, 1.54) is 19.3 Å². The number of aliphatic hydroxyl groups is 1. The van der Waals surface area contributed by atoms with Crippen molar-refractivity contribution < 1.29 is 9.84 Å². The molecule has 3 N–H and O–H groups in total. The zero-order valence-corrected chi connectivity index (χ0v) is 9.36. The van der Waals surface area contributed by atoms with Crippen molar-refractivity contribution in [3.05, 3.63) is 0 Å². The SMILES string of the molecule is CO[C@@H]1CC2(C[C@H]1O)C1CC[C@H](C1)[C@H]2N. The summed E-state index contributed by atoms with van der Waals surface area (Å²) in [7, 11) is 1.70. The summed E-state index contributed by atoms with van der Waals surface area (Å²) in [6, 6.07) is 0.311. The second kappa shape index (κ2) is 3.19. The van der Waals surface area contributed by atoms with Crippen LogP contribution in [0.5, 0.6) is 0 Å². The first-order valence-electron chi connectivity index (χ1n) is 6.14. The molecule has 0 radical (unpaired) electrons. The molecule has 3 saturated carbocycles. The fourth-order valence-electron chi connectivity index (χ4n) is 4.57. The van der Waals surface area contributed by atoms with Crippen LogP contribution in [0.4, 0.5) is 0 Å². The van der Waals surface area contributed by atoms with E-state index < -0.39 is 0 Å². The Morgan fingerprint density at radius 2 is 2.13 bits per heavy atom. The zero-order valence-electron chi connectivity index (χ0n) is 9.36. The van der Waals surface area contributed by atoms with E-state index in [4.69, 9.17) is 10.5 Å². The van der Waals surface area contributed by atoms with E-state index in [0.717, 1.165) is 24.7 Å². The third-order valence-corrected chi connectivity index (χ3v) is 5.36. The molecular weight excluding hydrogens is 190 g/mol. The minimum Gasteiger partial charge on any atom is -0.390 e. The minimum atomic E-state index is -0.291. The Balaban J connectivity index is 1.86. The lowest BCUT2D eigenvalue weighted by atomic mass is 9.69. The van der Waals surface area contributed by atoms with Crippen molar-refractivity contribution >= 4 is 0 Å². The van der Waals surface area contributed by atoms with E-state index >= 15 is 0 Å². The number of hydrogen-bond acceptors (Lipinski definition) is 3. The van der Waals surface area contributed by atoms with Crippen LogP contribution in [0.3, 0.4) is 0 Å². The lowest BCUT2D eigenvalue weighted by molar-refractivity contribution is 0.00927. The van der Waals surface area contributed by atoms with Gasteiger partial charge in [0.25, 0.3) is 0 Å². The Morgan fingerprint density at radius 3 is 2.67 bits per heavy atom. The van der Waals surface area contributed by atoms with Crippen molar-refractivity contribution in [2.75, 3.05) is 7.11 Å². The average molecular weight is 211 g/mol. The van der Waals surface area contributed by atoms with Crippen LogP contribution in [0.15, 0.2) is 0 Å². The third kappa shape index (κ3) is 1.17. The van der Waals surface area contributed by atoms with Crippen molar-refractivity contribution in [1.29, 1.82) is 0 Å². The fraction of sp³-hybridized carbons (Fsp3) is 1.00. The highest BCUT2D eigenvalue weighted by Crippen LogP contribution is 2.62. The first-order valence-corrected chi connectivity index (χ1v) is 6.14. The summed E-state index contributed by atoms with van der Waals surface area (Å²) in [4.78, 5) is 0. The quantitative estimate of drug-likeness (QED) is 0.677. The molecule has 3 nitrogen and oxygen atoms in total. The zero-order chi connectivity index (χ0) is 10.6. The van der Waals surface area contributed by atoms with Gasteiger partial charge in [-0.1, -0.05) is 0 Å². The molecule has 3 heteroatoms. The molecule has 3 rings (SSSR count). The Bertz CT molecular complexity index is 266. The Kier molecular flexibility index (Phi) is 2.14. The number of fused-ring (bicyclic) bond motifs is 3. The molecular formula is C12H21NO2. The molecule has 15 heavy (non-hydrogen) atoms. The highest BCUT2D eigenvalue weighted by molar-refractivity contribution is 5.13. The average Bonchev–Trinajstić information content (AvgIpc) is 2.85. The molecule has 0 aromatic carbocycles. The number of methoxy groups -OCH3 is 1. The fourth-order valence-corrected chi connectivity index (χ4v) is 4.57. The summed E-state index contributed by atoms with van der Waals surface area (Å²) in [5.41, 5.74) is 6.58. The van der Waals surface area contributed by atoms with Gasteiger partial charge in [0.2, 0.25) is 0 Å². The minimum absolute atomic E-state index is 0.0235. The first kappa shape index (κ1) is 10.1. The van der Waals surface area contributed by atoms with Crippen LogP contribution >= 0.6 is 0 Å². The molecule has 2 unspecified atom stereocenters. The van der Waals surface area contributed by atoms with Gasteiger partial charge in [0, 0.05) is 13.2 Å². The summed E-state index contributed by atoms with van der Waals surface area (Å²) in [5, 5.41) is 9.98. The van der Waals surface area contributed by atoms with Gasteiger partial charge in [-0.25, -0.2) is 0 Å². The number of nitrogens with two attached hydrogens (primary N) is 1. The van der Waals surface area contributed by atoms with Gasteiger partial charge in [-0.15, -0.1) is 0 Å². The van der Waals surface area contributed by atoms with E-state index in [9.17, 15) is 5.11 Å². The second-order valence-corrected chi connectivity index (χ2v) is 5.78. The number of hydrogen-bond donors (Lipinski definition) is 2. The van der Waals surface area contributed by atoms with E-state index in [0.29, 0.717) is 6.04 Å². The first-order chi connectivity index (χ1) is 7.17. The van der Waals surface area contributed by atoms with Crippen LogP contribution in [0.1, 0.15) is 32.1 Å². The summed E-state index contributed by atoms with van der Waals surface area (Å²) in [6.45, 7) is 0. The molecule has 3 aliphatic rings. The van der Waals surface area contributed by atoms with Gasteiger partial charge >= 0.3 is 0 Å². The van der Waals surface area contributed by atoms with Gasteiger partial charge < -0.3 is 15.6 Å². The normalized spacial score (nSPS) is 58.2. The van der Waals surface area contributed by atoms with E-state index in [2.05, 4.69) is 0 Å². The lowest BCUT2D eigenvalue weighted by Crippen LogP contribution is -2.45. The number of aliphatic hydroxyl groups excluding tert-OH is 1. The Morgan fingerprint density at radius 1 is 1.33 bits per heavy atom. The Labute approximate surface area is 91.0 Å². The molecule has 0 aliphatic heterocycles. The second-order valence-electron chi connectivity index (χ2n) is 5.78. The predicted molar refractivity (Wildman–Crippen MR) is 57.3 cm³/mol. The summed E-state index contributed by atoms with van der Waals surface area (Å²) in [6.07, 6.45) is 5.50. The lowest BCUT2D eigenvalue weighted by Gasteiger charge is -2.39. The standard InChI is InChI=1S/C12H21NO2/c1-15-10-6-12(5-9(10)14)8-3-2-7(4-8)11(12)13/h7-11,14H,2-6,13H2,1H3/t7-,8?,9-,10-,11-,12?/m1/s1. The molecule has 86 valence electrons. The summed E-state index contributed by atoms with van der Waals surface area (Å²) < 4.78 is 5.36. The molecule has 0 saturated heterocycles. The molecule has 0 aromatic heterocycles. The molecule has 3 aliphatic carbocycles. The van der Waals surface area contributed by atoms with Crippen molar-refractivity contribution in [3.63, 3.8) is 0 Å². The van der Waals surface area contributed by atoms with Crippen LogP contribution in [-0.2, 0) is 4.74 Å². The largest absolute Gasteiger partial charge is 0.390 e. The van der Waals surface area contributed by atoms with Gasteiger partial charge in [0.1, 0.15) is 0 Å². The monoisotopic (exact) mass is 211 g/mol. The molecule has 3 fully saturated rings. The highest BCUT2D eigenvalue weighted by Gasteiger charge is 2.61. The Hall–Kier alpha value is -0.120. The van der Waals surface area contributed by atoms with Crippen LogP contribution in [0.2, 0.25) is 0 Å². The van der Waals surface area contributed by atoms with Gasteiger partial charge in [-0.3, -0.25) is 0 Å². The molecule has 1 spiro atoms. The predicted octanol–water partition coefficient (Wildman–Crippen LogP) is 0.900. The molecule has 0 aromatic rings. The maximum atomic E-state index is 9.98. The molecule has 6 atom stereocenters. The van der Waals surface area contributed by atoms with Crippen molar-refractivity contribution in [3.8, 4) is 0 Å². The highest BCUT2D eigenvalue weighted by atomic mass is 16.5. The van der Waals surface area contributed by atoms with E-state index in [1.807, 2.05) is 0 Å². The summed E-state index contributed by atoms with van der Waals surface area (Å²) in [5.74, 6) is 1.48. The molecule has 0 heterocycles. The summed E-state index contributed by atoms with van der Waals surface area (Å²) >= 11 is 0. The van der Waals surface area contributed by atoms with Crippen LogP contribution in [0.25, 0.3) is 0 Å². The maximum absolute atomic E-state index is 9.98. The van der Waals surface area contributed by atoms with Gasteiger partial charge in [0.15, 0.2) is 0 Å². The topological polar surface area (TPSA) is 55.5 Å². The van der Waals surface area contributed by atoms with Gasteiger partial charge in [0.05, 0.1) is 12.2 Å². The number of ether oxygens (including phenoxy) is 1. The molecule has 2 bridgehead atoms. The molecule has 0 amide bonds. The smallest absolute Gasteiger partial charge is 0.0836 e. The van der Waals surface area contributed by atoms with Crippen molar-refractivity contribution in [1.82, 2.24) is 0 Å². The third-order valence-electron chi connectivity index (χ3n) is 5.36. The van der Waals surface area contributed by atoms with Crippen LogP contribution < -0.4 is 5.73 Å². The van der Waals surface area contributed by atoms with Crippen LogP contribution in [0, 0.1) is 17.3 Å². The van der Waals surface area contributed by atoms with E-state index in [-0.39, 0.29) is 17.6 Å². The van der Waals surface area contributed by atoms with Gasteiger partial charge in [-0.05, 0) is 49.4 Å².